The molecule has 3 aromatic rings. The van der Waals surface area contributed by atoms with Crippen LogP contribution in [0.25, 0.3) is 11.4 Å². The fraction of sp³-hybridized carbons (Fsp3) is 0.444. The Hall–Kier alpha value is -4.34. The molecular formula is C54H66Br2N4O3. The maximum atomic E-state index is 14.2. The molecule has 2 aliphatic rings. The highest BCUT2D eigenvalue weighted by Gasteiger charge is 2.37. The molecule has 63 heavy (non-hydrogen) atoms. The van der Waals surface area contributed by atoms with Crippen LogP contribution in [0.15, 0.2) is 146 Å². The number of benzene rings is 2. The summed E-state index contributed by atoms with van der Waals surface area (Å²) in [5, 5.41) is 19.6. The smallest absolute Gasteiger partial charge is 0.186 e. The van der Waals surface area contributed by atoms with Crippen molar-refractivity contribution in [2.24, 2.45) is 42.1 Å². The molecule has 0 saturated carbocycles. The van der Waals surface area contributed by atoms with Crippen molar-refractivity contribution in [3.05, 3.63) is 138 Å². The first kappa shape index (κ1) is 49.7. The molecule has 0 radical (unpaired) electrons. The Morgan fingerprint density at radius 3 is 1.29 bits per heavy atom. The van der Waals surface area contributed by atoms with Crippen molar-refractivity contribution >= 4 is 66.2 Å². The van der Waals surface area contributed by atoms with Gasteiger partial charge in [0, 0.05) is 47.9 Å². The summed E-state index contributed by atoms with van der Waals surface area (Å²) in [5.41, 5.74) is 5.77. The molecule has 334 valence electrons. The van der Waals surface area contributed by atoms with Crippen molar-refractivity contribution < 1.29 is 14.0 Å². The first-order chi connectivity index (χ1) is 29.4. The standard InChI is InChI=1S/C54H66Br2N4O3/c1-14-15-16-17-18-19-20-34-33-45(46(59-57-39-25-21-37(55)22-26-39)35-29-41(51(2,3)4)48(61)42(30-35)52(5,6)7)63-50(34)47(60-58-40-27-23-38(56)24-28-40)36-31-43(53(8,9)10)49(62)44(32-36)54(11,12)13/h21-33H,14-20H2,1-13H3. The molecule has 2 aromatic carbocycles. The van der Waals surface area contributed by atoms with Gasteiger partial charge in [-0.2, -0.15) is 10.2 Å². The summed E-state index contributed by atoms with van der Waals surface area (Å²) < 4.78 is 9.04. The number of hydrogen-bond donors (Lipinski definition) is 0. The van der Waals surface area contributed by atoms with Crippen LogP contribution in [0.3, 0.4) is 0 Å². The zero-order chi connectivity index (χ0) is 46.5. The molecule has 2 aliphatic carbocycles. The Morgan fingerprint density at radius 2 is 0.889 bits per heavy atom. The SMILES string of the molecule is CCCCCCCCc1cc(C(N=Nc2ccc(Br)cc2)=C2C=C(C(C)(C)C)C(=O)C(C(C)(C)C)=C2)oc1C(N=Nc1ccc(Br)cc1)=C1C=C(C(C)(C)C)C(=O)C(C(C)(C)C)=C1. The van der Waals surface area contributed by atoms with Crippen molar-refractivity contribution in [3.8, 4) is 0 Å². The summed E-state index contributed by atoms with van der Waals surface area (Å²) in [6, 6.07) is 17.4. The third-order valence-corrected chi connectivity index (χ3v) is 12.3. The molecule has 0 atom stereocenters. The number of ketones is 2. The van der Waals surface area contributed by atoms with Crippen molar-refractivity contribution in [1.29, 1.82) is 0 Å². The number of furan rings is 1. The van der Waals surface area contributed by atoms with Gasteiger partial charge < -0.3 is 4.42 Å². The molecule has 0 amide bonds. The van der Waals surface area contributed by atoms with E-state index in [-0.39, 0.29) is 11.6 Å². The average Bonchev–Trinajstić information content (AvgIpc) is 3.59. The molecule has 1 aromatic heterocycles. The van der Waals surface area contributed by atoms with E-state index in [0.717, 1.165) is 51.3 Å². The zero-order valence-corrected chi connectivity index (χ0v) is 42.9. The predicted octanol–water partition coefficient (Wildman–Crippen LogP) is 17.8. The van der Waals surface area contributed by atoms with Crippen LogP contribution in [-0.4, -0.2) is 11.6 Å². The lowest BCUT2D eigenvalue weighted by molar-refractivity contribution is -0.114. The van der Waals surface area contributed by atoms with Crippen LogP contribution in [0.4, 0.5) is 11.4 Å². The van der Waals surface area contributed by atoms with Crippen LogP contribution in [-0.2, 0) is 16.0 Å². The molecule has 0 unspecified atom stereocenters. The molecule has 0 N–H and O–H groups in total. The summed E-state index contributed by atoms with van der Waals surface area (Å²) in [5.74, 6) is 1.11. The summed E-state index contributed by atoms with van der Waals surface area (Å²) in [4.78, 5) is 28.4. The van der Waals surface area contributed by atoms with Gasteiger partial charge in [-0.15, -0.1) is 10.2 Å². The van der Waals surface area contributed by atoms with E-state index in [4.69, 9.17) is 24.9 Å². The monoisotopic (exact) mass is 976 g/mol. The second kappa shape index (κ2) is 20.2. The number of Topliss-reactive ketones (excluding diaryl/α,β-unsaturated/α-hetero) is 2. The van der Waals surface area contributed by atoms with Crippen LogP contribution < -0.4 is 0 Å². The minimum Gasteiger partial charge on any atom is -0.452 e. The van der Waals surface area contributed by atoms with Gasteiger partial charge in [0.15, 0.2) is 23.1 Å². The van der Waals surface area contributed by atoms with E-state index in [1.807, 2.05) is 72.8 Å². The Labute approximate surface area is 393 Å². The largest absolute Gasteiger partial charge is 0.452 e. The molecule has 5 rings (SSSR count). The third kappa shape index (κ3) is 12.9. The van der Waals surface area contributed by atoms with Gasteiger partial charge in [0.2, 0.25) is 0 Å². The minimum atomic E-state index is -0.450. The van der Waals surface area contributed by atoms with Gasteiger partial charge in [-0.25, -0.2) is 0 Å². The molecule has 0 spiro atoms. The van der Waals surface area contributed by atoms with Crippen LogP contribution in [0.2, 0.25) is 0 Å². The fourth-order valence-electron chi connectivity index (χ4n) is 7.50. The molecule has 1 heterocycles. The number of azo groups is 2. The fourth-order valence-corrected chi connectivity index (χ4v) is 8.03. The van der Waals surface area contributed by atoms with Crippen LogP contribution in [0.5, 0.6) is 0 Å². The van der Waals surface area contributed by atoms with Crippen molar-refractivity contribution in [3.63, 3.8) is 0 Å². The lowest BCUT2D eigenvalue weighted by Gasteiger charge is -2.31. The number of nitrogens with zero attached hydrogens (tertiary/aromatic N) is 4. The molecule has 0 saturated heterocycles. The molecule has 0 fully saturated rings. The minimum absolute atomic E-state index is 0.0296. The van der Waals surface area contributed by atoms with Gasteiger partial charge in [-0.3, -0.25) is 9.59 Å². The first-order valence-corrected chi connectivity index (χ1v) is 23.9. The number of carbonyl (C=O) groups is 2. The Balaban J connectivity index is 1.90. The first-order valence-electron chi connectivity index (χ1n) is 22.3. The number of allylic oxidation sites excluding steroid dienone is 10. The number of carbonyl (C=O) groups excluding carboxylic acids is 2. The van der Waals surface area contributed by atoms with E-state index in [0.29, 0.717) is 56.6 Å². The second-order valence-electron chi connectivity index (χ2n) is 20.8. The predicted molar refractivity (Wildman–Crippen MR) is 267 cm³/mol. The van der Waals surface area contributed by atoms with Crippen molar-refractivity contribution in [1.82, 2.24) is 0 Å². The summed E-state index contributed by atoms with van der Waals surface area (Å²) >= 11 is 7.10. The number of halogens is 2. The van der Waals surface area contributed by atoms with E-state index < -0.39 is 21.7 Å². The van der Waals surface area contributed by atoms with Crippen LogP contribution in [0.1, 0.15) is 146 Å². The number of hydrogen-bond acceptors (Lipinski definition) is 7. The highest BCUT2D eigenvalue weighted by Crippen LogP contribution is 2.45. The van der Waals surface area contributed by atoms with E-state index in [9.17, 15) is 9.59 Å². The number of rotatable bonds is 13. The van der Waals surface area contributed by atoms with Crippen molar-refractivity contribution in [2.75, 3.05) is 0 Å². The lowest BCUT2D eigenvalue weighted by Crippen LogP contribution is -2.28. The molecular weight excluding hydrogens is 912 g/mol. The molecule has 0 aliphatic heterocycles. The average molecular weight is 979 g/mol. The highest BCUT2D eigenvalue weighted by atomic mass is 79.9. The van der Waals surface area contributed by atoms with Crippen molar-refractivity contribution in [2.45, 2.75) is 135 Å². The Bertz CT molecular complexity index is 2370. The maximum absolute atomic E-state index is 14.2. The van der Waals surface area contributed by atoms with Gasteiger partial charge >= 0.3 is 0 Å². The molecule has 9 heteroatoms. The zero-order valence-electron chi connectivity index (χ0n) is 39.7. The molecule has 7 nitrogen and oxygen atoms in total. The van der Waals surface area contributed by atoms with Crippen LogP contribution >= 0.6 is 31.9 Å². The van der Waals surface area contributed by atoms with E-state index >= 15 is 0 Å². The lowest BCUT2D eigenvalue weighted by atomic mass is 9.71. The van der Waals surface area contributed by atoms with Gasteiger partial charge in [0.1, 0.15) is 11.4 Å². The van der Waals surface area contributed by atoms with Gasteiger partial charge in [-0.1, -0.05) is 154 Å². The third-order valence-electron chi connectivity index (χ3n) is 11.2. The Morgan fingerprint density at radius 1 is 0.524 bits per heavy atom. The van der Waals surface area contributed by atoms with Gasteiger partial charge in [0.25, 0.3) is 0 Å². The van der Waals surface area contributed by atoms with E-state index in [1.165, 1.54) is 19.3 Å². The number of aryl methyl sites for hydroxylation is 1. The van der Waals surface area contributed by atoms with Crippen LogP contribution in [0, 0.1) is 21.7 Å². The Kier molecular flexibility index (Phi) is 15.9. The normalized spacial score (nSPS) is 15.6. The summed E-state index contributed by atoms with van der Waals surface area (Å²) in [7, 11) is 0. The summed E-state index contributed by atoms with van der Waals surface area (Å²) in [6.45, 7) is 27.0. The maximum Gasteiger partial charge on any atom is 0.186 e. The van der Waals surface area contributed by atoms with E-state index in [1.54, 1.807) is 0 Å². The second-order valence-corrected chi connectivity index (χ2v) is 22.7. The quantitative estimate of drug-likeness (QED) is 0.126. The van der Waals surface area contributed by atoms with Gasteiger partial charge in [-0.05, 0) is 113 Å². The number of unbranched alkanes of at least 4 members (excludes halogenated alkanes) is 5. The highest BCUT2D eigenvalue weighted by molar-refractivity contribution is 9.10. The van der Waals surface area contributed by atoms with E-state index in [2.05, 4.69) is 128 Å². The summed E-state index contributed by atoms with van der Waals surface area (Å²) in [6.07, 6.45) is 15.3. The topological polar surface area (TPSA) is 96.7 Å². The van der Waals surface area contributed by atoms with Gasteiger partial charge in [0.05, 0.1) is 11.4 Å². The molecule has 0 bridgehead atoms.